The SMILES string of the molecule is C[C@H](NC(=O)CC(F)(F)F)NC(=O)c1ccc(C=CC(c2cc(Cl)c(Cl)c(Cl)c2)C(F)(F)F)cc1. The molecule has 0 bridgehead atoms. The Morgan fingerprint density at radius 1 is 0.943 bits per heavy atom. The lowest BCUT2D eigenvalue weighted by atomic mass is 9.97. The maximum atomic E-state index is 13.6. The van der Waals surface area contributed by atoms with Crippen LogP contribution >= 0.6 is 34.8 Å². The number of carbonyl (C=O) groups is 2. The monoisotopic (exact) mass is 560 g/mol. The van der Waals surface area contributed by atoms with Gasteiger partial charge in [-0.2, -0.15) is 26.3 Å². The molecule has 2 atom stereocenters. The smallest absolute Gasteiger partial charge is 0.336 e. The summed E-state index contributed by atoms with van der Waals surface area (Å²) in [4.78, 5) is 23.5. The molecule has 0 aliphatic heterocycles. The highest BCUT2D eigenvalue weighted by molar-refractivity contribution is 6.48. The molecule has 1 unspecified atom stereocenters. The predicted octanol–water partition coefficient (Wildman–Crippen LogP) is 7.15. The van der Waals surface area contributed by atoms with Gasteiger partial charge in [-0.1, -0.05) is 59.1 Å². The molecule has 2 aromatic carbocycles. The van der Waals surface area contributed by atoms with E-state index < -0.39 is 42.7 Å². The van der Waals surface area contributed by atoms with Crippen LogP contribution in [-0.2, 0) is 4.79 Å². The van der Waals surface area contributed by atoms with E-state index in [0.29, 0.717) is 5.56 Å². The first-order valence-electron chi connectivity index (χ1n) is 9.73. The van der Waals surface area contributed by atoms with Crippen molar-refractivity contribution in [3.8, 4) is 0 Å². The third-order valence-corrected chi connectivity index (χ3v) is 5.65. The van der Waals surface area contributed by atoms with Crippen LogP contribution in [0.4, 0.5) is 26.3 Å². The Labute approximate surface area is 211 Å². The van der Waals surface area contributed by atoms with Crippen LogP contribution in [0.25, 0.3) is 6.08 Å². The zero-order valence-corrected chi connectivity index (χ0v) is 20.0. The van der Waals surface area contributed by atoms with Crippen molar-refractivity contribution in [3.63, 3.8) is 0 Å². The van der Waals surface area contributed by atoms with Gasteiger partial charge < -0.3 is 10.6 Å². The van der Waals surface area contributed by atoms with Gasteiger partial charge in [-0.3, -0.25) is 9.59 Å². The number of benzene rings is 2. The number of hydrogen-bond donors (Lipinski definition) is 2. The molecule has 0 saturated heterocycles. The number of amides is 2. The number of rotatable bonds is 7. The maximum Gasteiger partial charge on any atom is 0.399 e. The van der Waals surface area contributed by atoms with Crippen molar-refractivity contribution < 1.29 is 35.9 Å². The summed E-state index contributed by atoms with van der Waals surface area (Å²) in [7, 11) is 0. The number of alkyl halides is 6. The van der Waals surface area contributed by atoms with Crippen molar-refractivity contribution in [3.05, 3.63) is 74.2 Å². The quantitative estimate of drug-likeness (QED) is 0.214. The van der Waals surface area contributed by atoms with E-state index in [9.17, 15) is 35.9 Å². The minimum Gasteiger partial charge on any atom is -0.336 e. The van der Waals surface area contributed by atoms with Crippen molar-refractivity contribution in [2.45, 2.75) is 37.8 Å². The van der Waals surface area contributed by atoms with Crippen molar-refractivity contribution >= 4 is 52.7 Å². The summed E-state index contributed by atoms with van der Waals surface area (Å²) in [6, 6.07) is 7.48. The zero-order chi connectivity index (χ0) is 26.6. The molecule has 0 fully saturated rings. The minimum atomic E-state index is -4.69. The van der Waals surface area contributed by atoms with Gasteiger partial charge in [0.15, 0.2) is 0 Å². The second-order valence-electron chi connectivity index (χ2n) is 7.35. The molecule has 190 valence electrons. The Hall–Kier alpha value is -2.43. The van der Waals surface area contributed by atoms with E-state index in [-0.39, 0.29) is 26.2 Å². The number of allylic oxidation sites excluding steroid dienone is 1. The Balaban J connectivity index is 2.10. The summed E-state index contributed by atoms with van der Waals surface area (Å²) in [6.45, 7) is 1.27. The average Bonchev–Trinajstić information content (AvgIpc) is 2.69. The van der Waals surface area contributed by atoms with E-state index in [1.54, 1.807) is 0 Å². The number of hydrogen-bond acceptors (Lipinski definition) is 2. The van der Waals surface area contributed by atoms with E-state index in [4.69, 9.17) is 34.8 Å². The summed E-state index contributed by atoms with van der Waals surface area (Å²) in [5, 5.41) is 3.96. The van der Waals surface area contributed by atoms with Crippen molar-refractivity contribution in [2.75, 3.05) is 0 Å². The molecule has 0 aromatic heterocycles. The van der Waals surface area contributed by atoms with Gasteiger partial charge in [0.25, 0.3) is 5.91 Å². The molecular weight excluding hydrogens is 545 g/mol. The largest absolute Gasteiger partial charge is 0.399 e. The second kappa shape index (κ2) is 11.5. The first-order chi connectivity index (χ1) is 16.1. The molecule has 2 N–H and O–H groups in total. The van der Waals surface area contributed by atoms with Crippen molar-refractivity contribution in [1.82, 2.24) is 10.6 Å². The number of carbonyl (C=O) groups excluding carboxylic acids is 2. The maximum absolute atomic E-state index is 13.6. The highest BCUT2D eigenvalue weighted by atomic mass is 35.5. The highest BCUT2D eigenvalue weighted by Crippen LogP contribution is 2.41. The number of nitrogens with one attached hydrogen (secondary N) is 2. The zero-order valence-electron chi connectivity index (χ0n) is 17.7. The lowest BCUT2D eigenvalue weighted by Gasteiger charge is -2.18. The molecule has 35 heavy (non-hydrogen) atoms. The molecule has 13 heteroatoms. The van der Waals surface area contributed by atoms with Crippen LogP contribution in [0, 0.1) is 0 Å². The minimum absolute atomic E-state index is 0.0647. The molecule has 2 aromatic rings. The molecule has 0 aliphatic rings. The molecule has 0 radical (unpaired) electrons. The van der Waals surface area contributed by atoms with Gasteiger partial charge in [0.1, 0.15) is 6.42 Å². The molecule has 0 spiro atoms. The lowest BCUT2D eigenvalue weighted by Crippen LogP contribution is -2.46. The Morgan fingerprint density at radius 2 is 1.49 bits per heavy atom. The fourth-order valence-corrected chi connectivity index (χ4v) is 3.52. The topological polar surface area (TPSA) is 58.2 Å². The van der Waals surface area contributed by atoms with Crippen LogP contribution in [-0.4, -0.2) is 30.3 Å². The lowest BCUT2D eigenvalue weighted by molar-refractivity contribution is -0.154. The molecule has 4 nitrogen and oxygen atoms in total. The summed E-state index contributed by atoms with van der Waals surface area (Å²) >= 11 is 17.5. The van der Waals surface area contributed by atoms with Gasteiger partial charge in [-0.05, 0) is 42.3 Å². The molecule has 0 aliphatic carbocycles. The van der Waals surface area contributed by atoms with E-state index >= 15 is 0 Å². The van der Waals surface area contributed by atoms with Gasteiger partial charge in [-0.15, -0.1) is 0 Å². The molecule has 2 rings (SSSR count). The fourth-order valence-electron chi connectivity index (χ4n) is 2.91. The van der Waals surface area contributed by atoms with Crippen LogP contribution < -0.4 is 10.6 Å². The van der Waals surface area contributed by atoms with E-state index in [2.05, 4.69) is 5.32 Å². The highest BCUT2D eigenvalue weighted by Gasteiger charge is 2.39. The number of halogens is 9. The van der Waals surface area contributed by atoms with E-state index in [0.717, 1.165) is 18.2 Å². The van der Waals surface area contributed by atoms with Crippen LogP contribution in [0.5, 0.6) is 0 Å². The summed E-state index contributed by atoms with van der Waals surface area (Å²) < 4.78 is 77.5. The molecule has 0 saturated carbocycles. The van der Waals surface area contributed by atoms with Gasteiger partial charge in [0, 0.05) is 5.56 Å². The van der Waals surface area contributed by atoms with E-state index in [1.807, 2.05) is 5.32 Å². The van der Waals surface area contributed by atoms with Crippen LogP contribution in [0.2, 0.25) is 15.1 Å². The van der Waals surface area contributed by atoms with Gasteiger partial charge in [-0.25, -0.2) is 0 Å². The second-order valence-corrected chi connectivity index (χ2v) is 8.55. The normalized spacial score (nSPS) is 14.0. The molecular formula is C22H17Cl3F6N2O2. The molecule has 2 amide bonds. The average molecular weight is 562 g/mol. The summed E-state index contributed by atoms with van der Waals surface area (Å²) in [5.41, 5.74) is 0.182. The van der Waals surface area contributed by atoms with E-state index in [1.165, 1.54) is 37.3 Å². The Bertz CT molecular complexity index is 1080. The van der Waals surface area contributed by atoms with Gasteiger partial charge in [0.05, 0.1) is 27.2 Å². The standard InChI is InChI=1S/C22H17Cl3F6N2O2/c1-11(32-18(34)10-21(26,27)28)33-20(35)13-5-2-12(3-6-13)4-7-15(22(29,30)31)14-8-16(23)19(25)17(24)9-14/h2-9,11,15H,10H2,1H3,(H,32,34)(H,33,35)/t11-,15?/m1/s1. The Morgan fingerprint density at radius 3 is 1.97 bits per heavy atom. The first-order valence-corrected chi connectivity index (χ1v) is 10.9. The Kier molecular flexibility index (Phi) is 9.49. The van der Waals surface area contributed by atoms with Crippen LogP contribution in [0.3, 0.4) is 0 Å². The van der Waals surface area contributed by atoms with Crippen LogP contribution in [0.15, 0.2) is 42.5 Å². The summed E-state index contributed by atoms with van der Waals surface area (Å²) in [5.74, 6) is -4.06. The third-order valence-electron chi connectivity index (χ3n) is 4.46. The van der Waals surface area contributed by atoms with Crippen molar-refractivity contribution in [2.24, 2.45) is 0 Å². The first kappa shape index (κ1) is 28.8. The third kappa shape index (κ3) is 8.94. The predicted molar refractivity (Wildman–Crippen MR) is 121 cm³/mol. The molecule has 0 heterocycles. The van der Waals surface area contributed by atoms with Gasteiger partial charge >= 0.3 is 12.4 Å². The van der Waals surface area contributed by atoms with Gasteiger partial charge in [0.2, 0.25) is 5.91 Å². The van der Waals surface area contributed by atoms with Crippen LogP contribution in [0.1, 0.15) is 40.7 Å². The van der Waals surface area contributed by atoms with Crippen molar-refractivity contribution in [1.29, 1.82) is 0 Å². The fraction of sp³-hybridized carbons (Fsp3) is 0.273. The summed E-state index contributed by atoms with van der Waals surface area (Å²) in [6.07, 6.45) is -10.1.